The Hall–Kier alpha value is -2.17. The van der Waals surface area contributed by atoms with Crippen molar-refractivity contribution in [2.75, 3.05) is 7.11 Å². The fourth-order valence-electron chi connectivity index (χ4n) is 1.16. The van der Waals surface area contributed by atoms with E-state index in [0.717, 1.165) is 0 Å². The van der Waals surface area contributed by atoms with Crippen LogP contribution in [0.1, 0.15) is 23.7 Å². The van der Waals surface area contributed by atoms with Crippen LogP contribution in [-0.2, 0) is 9.53 Å². The fraction of sp³-hybridized carbons (Fsp3) is 0.250. The number of benzene rings is 1. The SMILES string of the molecule is CCC(=NNC(=O)c1ccccc1)C(=O)OC. The normalized spacial score (nSPS) is 10.8. The lowest BCUT2D eigenvalue weighted by molar-refractivity contribution is -0.132. The maximum Gasteiger partial charge on any atom is 0.354 e. The zero-order valence-electron chi connectivity index (χ0n) is 9.77. The molecule has 0 bridgehead atoms. The third kappa shape index (κ3) is 3.71. The standard InChI is InChI=1S/C12H14N2O3/c1-3-10(12(16)17-2)13-14-11(15)9-7-5-4-6-8-9/h4-8H,3H2,1-2H3,(H,14,15). The summed E-state index contributed by atoms with van der Waals surface area (Å²) >= 11 is 0. The van der Waals surface area contributed by atoms with Crippen molar-refractivity contribution in [3.05, 3.63) is 35.9 Å². The van der Waals surface area contributed by atoms with E-state index in [2.05, 4.69) is 15.3 Å². The average molecular weight is 234 g/mol. The fourth-order valence-corrected chi connectivity index (χ4v) is 1.16. The van der Waals surface area contributed by atoms with Crippen LogP contribution in [0.25, 0.3) is 0 Å². The molecule has 0 fully saturated rings. The van der Waals surface area contributed by atoms with Crippen LogP contribution in [0, 0.1) is 0 Å². The molecule has 17 heavy (non-hydrogen) atoms. The van der Waals surface area contributed by atoms with Gasteiger partial charge in [0.15, 0.2) is 0 Å². The van der Waals surface area contributed by atoms with Crippen molar-refractivity contribution in [3.63, 3.8) is 0 Å². The summed E-state index contributed by atoms with van der Waals surface area (Å²) in [4.78, 5) is 22.8. The molecular weight excluding hydrogens is 220 g/mol. The second-order valence-electron chi connectivity index (χ2n) is 3.21. The van der Waals surface area contributed by atoms with Gasteiger partial charge in [-0.25, -0.2) is 10.2 Å². The van der Waals surface area contributed by atoms with Crippen LogP contribution in [0.2, 0.25) is 0 Å². The van der Waals surface area contributed by atoms with Crippen LogP contribution in [0.3, 0.4) is 0 Å². The minimum absolute atomic E-state index is 0.178. The molecule has 1 aromatic rings. The quantitative estimate of drug-likeness (QED) is 0.486. The second kappa shape index (κ2) is 6.42. The Bertz CT molecular complexity index is 427. The summed E-state index contributed by atoms with van der Waals surface area (Å²) in [6, 6.07) is 8.63. The molecule has 0 spiro atoms. The Labute approximate surface area is 99.5 Å². The van der Waals surface area contributed by atoms with Crippen LogP contribution in [0.15, 0.2) is 35.4 Å². The van der Waals surface area contributed by atoms with Crippen LogP contribution < -0.4 is 5.43 Å². The van der Waals surface area contributed by atoms with Crippen LogP contribution in [0.4, 0.5) is 0 Å². The third-order valence-corrected chi connectivity index (χ3v) is 2.08. The number of rotatable bonds is 4. The van der Waals surface area contributed by atoms with E-state index in [0.29, 0.717) is 12.0 Å². The monoisotopic (exact) mass is 234 g/mol. The van der Waals surface area contributed by atoms with E-state index in [-0.39, 0.29) is 11.6 Å². The highest BCUT2D eigenvalue weighted by Gasteiger charge is 2.10. The molecule has 0 aliphatic rings. The van der Waals surface area contributed by atoms with Crippen LogP contribution in [0.5, 0.6) is 0 Å². The van der Waals surface area contributed by atoms with Crippen LogP contribution >= 0.6 is 0 Å². The Morgan fingerprint density at radius 3 is 2.47 bits per heavy atom. The second-order valence-corrected chi connectivity index (χ2v) is 3.21. The third-order valence-electron chi connectivity index (χ3n) is 2.08. The molecule has 5 nitrogen and oxygen atoms in total. The average Bonchev–Trinajstić information content (AvgIpc) is 2.39. The zero-order chi connectivity index (χ0) is 12.7. The predicted molar refractivity (Wildman–Crippen MR) is 63.7 cm³/mol. The number of esters is 1. The molecule has 0 radical (unpaired) electrons. The highest BCUT2D eigenvalue weighted by Crippen LogP contribution is 1.98. The van der Waals surface area contributed by atoms with Crippen molar-refractivity contribution >= 4 is 17.6 Å². The van der Waals surface area contributed by atoms with Gasteiger partial charge in [-0.05, 0) is 18.6 Å². The van der Waals surface area contributed by atoms with Gasteiger partial charge >= 0.3 is 5.97 Å². The molecule has 0 saturated heterocycles. The highest BCUT2D eigenvalue weighted by atomic mass is 16.5. The number of hydrazone groups is 1. The maximum atomic E-state index is 11.6. The molecule has 0 heterocycles. The predicted octanol–water partition coefficient (Wildman–Crippen LogP) is 1.36. The molecule has 0 aliphatic carbocycles. The van der Waals surface area contributed by atoms with E-state index in [1.807, 2.05) is 6.07 Å². The molecule has 0 saturated carbocycles. The number of nitrogens with zero attached hydrogens (tertiary/aromatic N) is 1. The summed E-state index contributed by atoms with van der Waals surface area (Å²) in [5.74, 6) is -0.902. The molecule has 1 rings (SSSR count). The molecule has 1 N–H and O–H groups in total. The van der Waals surface area contributed by atoms with Crippen molar-refractivity contribution < 1.29 is 14.3 Å². The summed E-state index contributed by atoms with van der Waals surface area (Å²) in [7, 11) is 1.27. The summed E-state index contributed by atoms with van der Waals surface area (Å²) in [5, 5.41) is 3.73. The van der Waals surface area contributed by atoms with E-state index in [1.54, 1.807) is 31.2 Å². The number of carbonyl (C=O) groups is 2. The van der Waals surface area contributed by atoms with Crippen molar-refractivity contribution in [3.8, 4) is 0 Å². The number of methoxy groups -OCH3 is 1. The summed E-state index contributed by atoms with van der Waals surface area (Å²) < 4.78 is 4.52. The number of nitrogens with one attached hydrogen (secondary N) is 1. The van der Waals surface area contributed by atoms with E-state index in [1.165, 1.54) is 7.11 Å². The summed E-state index contributed by atoms with van der Waals surface area (Å²) in [6.07, 6.45) is 0.391. The van der Waals surface area contributed by atoms with Gasteiger partial charge in [0.2, 0.25) is 0 Å². The lowest BCUT2D eigenvalue weighted by atomic mass is 10.2. The lowest BCUT2D eigenvalue weighted by Crippen LogP contribution is -2.23. The number of hydrogen-bond donors (Lipinski definition) is 1. The van der Waals surface area contributed by atoms with E-state index >= 15 is 0 Å². The number of ether oxygens (including phenoxy) is 1. The van der Waals surface area contributed by atoms with Crippen LogP contribution in [-0.4, -0.2) is 24.7 Å². The minimum Gasteiger partial charge on any atom is -0.464 e. The molecule has 1 aromatic carbocycles. The van der Waals surface area contributed by atoms with E-state index in [9.17, 15) is 9.59 Å². The van der Waals surface area contributed by atoms with Gasteiger partial charge in [0.05, 0.1) is 7.11 Å². The molecule has 1 amide bonds. The first-order valence-electron chi connectivity index (χ1n) is 5.19. The van der Waals surface area contributed by atoms with Crippen molar-refractivity contribution in [2.45, 2.75) is 13.3 Å². The van der Waals surface area contributed by atoms with Gasteiger partial charge in [-0.1, -0.05) is 25.1 Å². The maximum absolute atomic E-state index is 11.6. The van der Waals surface area contributed by atoms with Crippen molar-refractivity contribution in [2.24, 2.45) is 5.10 Å². The smallest absolute Gasteiger partial charge is 0.354 e. The number of amides is 1. The first kappa shape index (κ1) is 12.9. The minimum atomic E-state index is -0.541. The Morgan fingerprint density at radius 1 is 1.29 bits per heavy atom. The summed E-state index contributed by atoms with van der Waals surface area (Å²) in [6.45, 7) is 1.75. The van der Waals surface area contributed by atoms with Gasteiger partial charge in [-0.3, -0.25) is 4.79 Å². The molecule has 0 aromatic heterocycles. The van der Waals surface area contributed by atoms with Gasteiger partial charge in [0.1, 0.15) is 5.71 Å². The molecule has 0 aliphatic heterocycles. The Balaban J connectivity index is 2.69. The number of carbonyl (C=O) groups excluding carboxylic acids is 2. The van der Waals surface area contributed by atoms with Gasteiger partial charge in [-0.2, -0.15) is 5.10 Å². The first-order chi connectivity index (χ1) is 8.19. The van der Waals surface area contributed by atoms with Gasteiger partial charge < -0.3 is 4.74 Å². The van der Waals surface area contributed by atoms with E-state index in [4.69, 9.17) is 0 Å². The van der Waals surface area contributed by atoms with Gasteiger partial charge in [0, 0.05) is 5.56 Å². The van der Waals surface area contributed by atoms with Gasteiger partial charge in [0.25, 0.3) is 5.91 Å². The molecule has 5 heteroatoms. The molecule has 0 unspecified atom stereocenters. The van der Waals surface area contributed by atoms with Crippen molar-refractivity contribution in [1.29, 1.82) is 0 Å². The number of hydrogen-bond acceptors (Lipinski definition) is 4. The zero-order valence-corrected chi connectivity index (χ0v) is 9.77. The summed E-state index contributed by atoms with van der Waals surface area (Å²) in [5.41, 5.74) is 2.97. The molecule has 0 atom stereocenters. The topological polar surface area (TPSA) is 67.8 Å². The van der Waals surface area contributed by atoms with Crippen molar-refractivity contribution in [1.82, 2.24) is 5.43 Å². The Kier molecular flexibility index (Phi) is 4.87. The highest BCUT2D eigenvalue weighted by molar-refractivity contribution is 6.36. The lowest BCUT2D eigenvalue weighted by Gasteiger charge is -2.02. The van der Waals surface area contributed by atoms with Gasteiger partial charge in [-0.15, -0.1) is 0 Å². The largest absolute Gasteiger partial charge is 0.464 e. The van der Waals surface area contributed by atoms with E-state index < -0.39 is 5.97 Å². The Morgan fingerprint density at radius 2 is 1.94 bits per heavy atom. The molecular formula is C12H14N2O3. The first-order valence-corrected chi connectivity index (χ1v) is 5.19. The molecule has 90 valence electrons.